The SMILES string of the molecule is CC[C@H](C)[C@H](NC(=O)CCCCCNC)C(=O)N(C)[C@H](C[C@@H](OCCCN1C(=O)c2ccccc2C1=O)c1nc(C(=O)O)cs1)C(C)C. The van der Waals surface area contributed by atoms with Gasteiger partial charge in [0.2, 0.25) is 11.8 Å². The number of fused-ring (bicyclic) bond motifs is 1. The van der Waals surface area contributed by atoms with Gasteiger partial charge < -0.3 is 25.4 Å². The third kappa shape index (κ3) is 10.2. The van der Waals surface area contributed by atoms with Crippen LogP contribution >= 0.6 is 11.3 Å². The number of unbranched alkanes of at least 4 members (excludes halogenated alkanes) is 2. The highest BCUT2D eigenvalue weighted by Gasteiger charge is 2.36. The normalized spacial score (nSPS) is 15.3. The van der Waals surface area contributed by atoms with Crippen LogP contribution in [0.25, 0.3) is 0 Å². The lowest BCUT2D eigenvalue weighted by atomic mass is 9.93. The average Bonchev–Trinajstić information content (AvgIpc) is 3.66. The third-order valence-electron chi connectivity index (χ3n) is 8.94. The molecule has 0 radical (unpaired) electrons. The second-order valence-electron chi connectivity index (χ2n) is 12.7. The Labute approximate surface area is 287 Å². The summed E-state index contributed by atoms with van der Waals surface area (Å²) >= 11 is 1.17. The van der Waals surface area contributed by atoms with E-state index >= 15 is 0 Å². The van der Waals surface area contributed by atoms with Gasteiger partial charge in [0.25, 0.3) is 11.8 Å². The third-order valence-corrected chi connectivity index (χ3v) is 9.87. The maximum Gasteiger partial charge on any atom is 0.355 e. The molecule has 1 aliphatic rings. The lowest BCUT2D eigenvalue weighted by Crippen LogP contribution is -2.54. The highest BCUT2D eigenvalue weighted by molar-refractivity contribution is 7.09. The van der Waals surface area contributed by atoms with Crippen molar-refractivity contribution in [2.75, 3.05) is 33.8 Å². The molecule has 3 N–H and O–H groups in total. The summed E-state index contributed by atoms with van der Waals surface area (Å²) in [5.41, 5.74) is 0.675. The van der Waals surface area contributed by atoms with Crippen molar-refractivity contribution in [3.05, 3.63) is 51.5 Å². The molecule has 0 fully saturated rings. The van der Waals surface area contributed by atoms with Gasteiger partial charge in [0.05, 0.1) is 11.1 Å². The summed E-state index contributed by atoms with van der Waals surface area (Å²) in [6.45, 7) is 9.17. The number of aromatic nitrogens is 1. The van der Waals surface area contributed by atoms with E-state index in [0.717, 1.165) is 25.8 Å². The Kier molecular flexibility index (Phi) is 15.1. The van der Waals surface area contributed by atoms with Crippen LogP contribution in [0.5, 0.6) is 0 Å². The monoisotopic (exact) mass is 685 g/mol. The van der Waals surface area contributed by atoms with Crippen LogP contribution < -0.4 is 10.6 Å². The zero-order valence-electron chi connectivity index (χ0n) is 29.0. The van der Waals surface area contributed by atoms with Gasteiger partial charge in [-0.05, 0) is 56.8 Å². The Bertz CT molecular complexity index is 1380. The first-order valence-electron chi connectivity index (χ1n) is 16.9. The number of carbonyl (C=O) groups excluding carboxylic acids is 4. The summed E-state index contributed by atoms with van der Waals surface area (Å²) in [5, 5.41) is 17.5. The number of aromatic carboxylic acids is 1. The molecule has 264 valence electrons. The molecule has 1 aromatic heterocycles. The average molecular weight is 686 g/mol. The second-order valence-corrected chi connectivity index (χ2v) is 13.6. The first kappa shape index (κ1) is 38.8. The molecule has 0 saturated heterocycles. The molecule has 2 aromatic rings. The molecule has 0 saturated carbocycles. The fourth-order valence-electron chi connectivity index (χ4n) is 5.84. The highest BCUT2D eigenvalue weighted by atomic mass is 32.1. The number of hydrogen-bond acceptors (Lipinski definition) is 9. The molecule has 0 unspecified atom stereocenters. The van der Waals surface area contributed by atoms with Gasteiger partial charge in [-0.1, -0.05) is 52.7 Å². The summed E-state index contributed by atoms with van der Waals surface area (Å²) in [7, 11) is 3.63. The van der Waals surface area contributed by atoms with E-state index < -0.39 is 18.1 Å². The molecule has 3 rings (SSSR count). The predicted octanol–water partition coefficient (Wildman–Crippen LogP) is 4.77. The summed E-state index contributed by atoms with van der Waals surface area (Å²) in [6.07, 6.45) is 3.74. The van der Waals surface area contributed by atoms with Crippen molar-refractivity contribution >= 4 is 40.9 Å². The summed E-state index contributed by atoms with van der Waals surface area (Å²) in [6, 6.07) is 5.70. The summed E-state index contributed by atoms with van der Waals surface area (Å²) < 4.78 is 6.30. The van der Waals surface area contributed by atoms with Crippen LogP contribution in [0, 0.1) is 11.8 Å². The maximum absolute atomic E-state index is 14.0. The minimum Gasteiger partial charge on any atom is -0.476 e. The van der Waals surface area contributed by atoms with Crippen molar-refractivity contribution in [3.63, 3.8) is 0 Å². The number of thiazole rings is 1. The number of amides is 4. The topological polar surface area (TPSA) is 158 Å². The maximum atomic E-state index is 14.0. The Balaban J connectivity index is 1.72. The van der Waals surface area contributed by atoms with Gasteiger partial charge in [-0.15, -0.1) is 11.3 Å². The molecule has 0 bridgehead atoms. The number of carbonyl (C=O) groups is 5. The minimum atomic E-state index is -1.15. The van der Waals surface area contributed by atoms with Crippen LogP contribution in [0.3, 0.4) is 0 Å². The quantitative estimate of drug-likeness (QED) is 0.124. The van der Waals surface area contributed by atoms with E-state index in [9.17, 15) is 29.1 Å². The van der Waals surface area contributed by atoms with E-state index in [-0.39, 0.29) is 60.4 Å². The van der Waals surface area contributed by atoms with E-state index in [4.69, 9.17) is 4.74 Å². The summed E-state index contributed by atoms with van der Waals surface area (Å²) in [4.78, 5) is 71.3. The van der Waals surface area contributed by atoms with Gasteiger partial charge in [-0.3, -0.25) is 24.1 Å². The van der Waals surface area contributed by atoms with Crippen LogP contribution in [0.15, 0.2) is 29.6 Å². The standard InChI is InChI=1S/C35H51N5O7S/c1-7-23(4)30(38-29(41)16-9-8-12-17-36-5)34(44)39(6)27(22(2)3)20-28(31-37-26(21-48-31)35(45)46)47-19-13-18-40-32(42)24-14-10-11-15-25(24)33(40)43/h10-11,14-15,21-23,27-28,30,36H,7-9,12-13,16-20H2,1-6H3,(H,38,41)(H,45,46)/t23-,27+,28+,30-/m0/s1. The number of rotatable bonds is 21. The number of imide groups is 1. The Morgan fingerprint density at radius 1 is 1.04 bits per heavy atom. The molecule has 1 aliphatic heterocycles. The van der Waals surface area contributed by atoms with Crippen LogP contribution in [-0.2, 0) is 14.3 Å². The lowest BCUT2D eigenvalue weighted by Gasteiger charge is -2.37. The zero-order chi connectivity index (χ0) is 35.4. The van der Waals surface area contributed by atoms with Crippen LogP contribution in [0.1, 0.15) is 115 Å². The van der Waals surface area contributed by atoms with Crippen molar-refractivity contribution in [2.45, 2.75) is 90.8 Å². The number of likely N-dealkylation sites (N-methyl/N-ethyl adjacent to an activating group) is 1. The summed E-state index contributed by atoms with van der Waals surface area (Å²) in [5.74, 6) is -2.26. The number of carboxylic acids is 1. The predicted molar refractivity (Wildman–Crippen MR) is 184 cm³/mol. The molecule has 13 heteroatoms. The largest absolute Gasteiger partial charge is 0.476 e. The fourth-order valence-corrected chi connectivity index (χ4v) is 6.69. The number of ether oxygens (including phenoxy) is 1. The van der Waals surface area contributed by atoms with Gasteiger partial charge in [-0.2, -0.15) is 0 Å². The Morgan fingerprint density at radius 2 is 1.71 bits per heavy atom. The molecule has 4 atom stereocenters. The number of benzene rings is 1. The zero-order valence-corrected chi connectivity index (χ0v) is 29.8. The van der Waals surface area contributed by atoms with E-state index in [1.54, 1.807) is 36.2 Å². The van der Waals surface area contributed by atoms with Gasteiger partial charge >= 0.3 is 5.97 Å². The number of carboxylic acid groups (broad SMARTS) is 1. The van der Waals surface area contributed by atoms with Crippen LogP contribution in [0.2, 0.25) is 0 Å². The molecule has 48 heavy (non-hydrogen) atoms. The Morgan fingerprint density at radius 3 is 2.27 bits per heavy atom. The molecule has 12 nitrogen and oxygen atoms in total. The van der Waals surface area contributed by atoms with Crippen molar-refractivity contribution < 1.29 is 33.8 Å². The lowest BCUT2D eigenvalue weighted by molar-refractivity contribution is -0.140. The molecule has 4 amide bonds. The number of nitrogens with one attached hydrogen (secondary N) is 2. The first-order valence-corrected chi connectivity index (χ1v) is 17.7. The molecule has 0 aliphatic carbocycles. The molecule has 0 spiro atoms. The van der Waals surface area contributed by atoms with Crippen molar-refractivity contribution in [3.8, 4) is 0 Å². The van der Waals surface area contributed by atoms with Crippen molar-refractivity contribution in [1.82, 2.24) is 25.4 Å². The van der Waals surface area contributed by atoms with E-state index in [1.807, 2.05) is 34.7 Å². The van der Waals surface area contributed by atoms with Gasteiger partial charge in [0.1, 0.15) is 17.2 Å². The van der Waals surface area contributed by atoms with Crippen molar-refractivity contribution in [2.24, 2.45) is 11.8 Å². The number of nitrogens with zero attached hydrogens (tertiary/aromatic N) is 3. The smallest absolute Gasteiger partial charge is 0.355 e. The first-order chi connectivity index (χ1) is 22.9. The van der Waals surface area contributed by atoms with E-state index in [1.165, 1.54) is 21.6 Å². The second kappa shape index (κ2) is 18.8. The molecule has 1 aromatic carbocycles. The molecular formula is C35H51N5O7S. The van der Waals surface area contributed by atoms with Gasteiger partial charge in [0, 0.05) is 44.5 Å². The van der Waals surface area contributed by atoms with Crippen molar-refractivity contribution in [1.29, 1.82) is 0 Å². The van der Waals surface area contributed by atoms with Gasteiger partial charge in [0.15, 0.2) is 5.69 Å². The van der Waals surface area contributed by atoms with Crippen LogP contribution in [-0.4, -0.2) is 95.4 Å². The molecular weight excluding hydrogens is 634 g/mol. The van der Waals surface area contributed by atoms with Gasteiger partial charge in [-0.25, -0.2) is 9.78 Å². The highest BCUT2D eigenvalue weighted by Crippen LogP contribution is 2.31. The fraction of sp³-hybridized carbons (Fsp3) is 0.600. The Hall–Kier alpha value is -3.68. The van der Waals surface area contributed by atoms with Crippen LogP contribution in [0.4, 0.5) is 0 Å². The van der Waals surface area contributed by atoms with E-state index in [2.05, 4.69) is 15.6 Å². The van der Waals surface area contributed by atoms with E-state index in [0.29, 0.717) is 41.8 Å². The molecule has 2 heterocycles. The number of hydrogen-bond donors (Lipinski definition) is 3. The minimum absolute atomic E-state index is 0.0113.